The minimum atomic E-state index is -0.282. The maximum Gasteiger partial charge on any atom is 0.255 e. The first-order chi connectivity index (χ1) is 12.3. The van der Waals surface area contributed by atoms with Crippen molar-refractivity contribution in [2.24, 2.45) is 0 Å². The first-order valence-corrected chi connectivity index (χ1v) is 8.99. The third-order valence-corrected chi connectivity index (χ3v) is 4.77. The molecule has 0 aromatic heterocycles. The van der Waals surface area contributed by atoms with Crippen molar-refractivity contribution in [2.45, 2.75) is 33.7 Å². The lowest BCUT2D eigenvalue weighted by Crippen LogP contribution is -2.45. The number of rotatable bonds is 3. The number of anilines is 1. The molecule has 2 aromatic carbocycles. The van der Waals surface area contributed by atoms with Crippen molar-refractivity contribution in [3.63, 3.8) is 0 Å². The number of allylic oxidation sites excluding steroid dienone is 1. The number of carbonyl (C=O) groups excluding carboxylic acids is 1. The Balaban J connectivity index is 1.95. The molecular weight excluding hydrogens is 342 g/mol. The van der Waals surface area contributed by atoms with Crippen LogP contribution in [0.15, 0.2) is 53.7 Å². The van der Waals surface area contributed by atoms with Crippen molar-refractivity contribution < 1.29 is 4.79 Å². The van der Waals surface area contributed by atoms with Gasteiger partial charge in [-0.05, 0) is 57.1 Å². The van der Waals surface area contributed by atoms with Crippen LogP contribution in [0.5, 0.6) is 0 Å². The maximum absolute atomic E-state index is 13.1. The van der Waals surface area contributed by atoms with Crippen molar-refractivity contribution in [2.75, 3.05) is 5.32 Å². The molecule has 1 heterocycles. The number of thiocarbonyl (C=S) groups is 1. The van der Waals surface area contributed by atoms with Gasteiger partial charge in [0.2, 0.25) is 0 Å². The number of benzene rings is 2. The van der Waals surface area contributed by atoms with Crippen LogP contribution in [0, 0.1) is 20.8 Å². The quantitative estimate of drug-likeness (QED) is 0.719. The number of hydrogen-bond acceptors (Lipinski definition) is 2. The van der Waals surface area contributed by atoms with Crippen LogP contribution < -0.4 is 16.0 Å². The van der Waals surface area contributed by atoms with E-state index in [2.05, 4.69) is 22.0 Å². The third-order valence-electron chi connectivity index (χ3n) is 4.55. The first-order valence-electron chi connectivity index (χ1n) is 8.58. The normalized spacial score (nSPS) is 16.8. The van der Waals surface area contributed by atoms with E-state index in [9.17, 15) is 4.79 Å². The number of nitrogens with one attached hydrogen (secondary N) is 3. The Kier molecular flexibility index (Phi) is 5.09. The molecule has 3 N–H and O–H groups in total. The second-order valence-corrected chi connectivity index (χ2v) is 7.16. The van der Waals surface area contributed by atoms with E-state index in [4.69, 9.17) is 12.2 Å². The van der Waals surface area contributed by atoms with E-state index in [1.54, 1.807) is 0 Å². The summed E-state index contributed by atoms with van der Waals surface area (Å²) in [6, 6.07) is 13.8. The molecule has 1 amide bonds. The van der Waals surface area contributed by atoms with Gasteiger partial charge in [-0.2, -0.15) is 0 Å². The van der Waals surface area contributed by atoms with Crippen molar-refractivity contribution in [3.05, 3.63) is 76.0 Å². The summed E-state index contributed by atoms with van der Waals surface area (Å²) in [5, 5.41) is 9.86. The minimum absolute atomic E-state index is 0.137. The van der Waals surface area contributed by atoms with E-state index >= 15 is 0 Å². The Hall–Kier alpha value is -2.66. The summed E-state index contributed by atoms with van der Waals surface area (Å²) in [4.78, 5) is 13.1. The predicted molar refractivity (Wildman–Crippen MR) is 110 cm³/mol. The Bertz CT molecular complexity index is 900. The summed E-state index contributed by atoms with van der Waals surface area (Å²) < 4.78 is 0. The van der Waals surface area contributed by atoms with Crippen molar-refractivity contribution in [1.29, 1.82) is 0 Å². The van der Waals surface area contributed by atoms with Crippen LogP contribution in [0.3, 0.4) is 0 Å². The Morgan fingerprint density at radius 2 is 1.65 bits per heavy atom. The number of carbonyl (C=O) groups is 1. The van der Waals surface area contributed by atoms with Crippen LogP contribution in [0.4, 0.5) is 5.69 Å². The molecule has 0 aliphatic carbocycles. The molecule has 2 aromatic rings. The van der Waals surface area contributed by atoms with Gasteiger partial charge in [-0.15, -0.1) is 0 Å². The third kappa shape index (κ3) is 3.78. The molecule has 0 saturated carbocycles. The molecule has 1 atom stereocenters. The molecule has 1 aliphatic heterocycles. The lowest BCUT2D eigenvalue weighted by molar-refractivity contribution is -0.113. The van der Waals surface area contributed by atoms with E-state index in [0.717, 1.165) is 22.5 Å². The fourth-order valence-corrected chi connectivity index (χ4v) is 3.42. The van der Waals surface area contributed by atoms with E-state index < -0.39 is 0 Å². The molecule has 1 aliphatic rings. The fourth-order valence-electron chi connectivity index (χ4n) is 3.15. The zero-order valence-corrected chi connectivity index (χ0v) is 16.3. The van der Waals surface area contributed by atoms with Crippen LogP contribution >= 0.6 is 12.2 Å². The molecule has 0 spiro atoms. The van der Waals surface area contributed by atoms with Gasteiger partial charge in [0.05, 0.1) is 11.6 Å². The average molecular weight is 366 g/mol. The fraction of sp³-hybridized carbons (Fsp3) is 0.238. The highest BCUT2D eigenvalue weighted by Crippen LogP contribution is 2.28. The Morgan fingerprint density at radius 1 is 1.00 bits per heavy atom. The standard InChI is InChI=1S/C21H23N3OS/c1-12-5-8-16(9-6-12)19-18(15(4)22-21(26)24-19)20(25)23-17-10-7-13(2)11-14(17)3/h5-11,19H,1-4H3,(H,23,25)(H2,22,24,26). The van der Waals surface area contributed by atoms with E-state index in [1.807, 2.05) is 64.1 Å². The van der Waals surface area contributed by atoms with Gasteiger partial charge < -0.3 is 16.0 Å². The van der Waals surface area contributed by atoms with E-state index in [-0.39, 0.29) is 11.9 Å². The number of amides is 1. The lowest BCUT2D eigenvalue weighted by Gasteiger charge is -2.30. The maximum atomic E-state index is 13.1. The average Bonchev–Trinajstić information content (AvgIpc) is 2.57. The molecule has 0 fully saturated rings. The molecule has 3 rings (SSSR count). The topological polar surface area (TPSA) is 53.2 Å². The summed E-state index contributed by atoms with van der Waals surface area (Å²) in [6.45, 7) is 7.95. The predicted octanol–water partition coefficient (Wildman–Crippen LogP) is 4.04. The molecule has 0 saturated heterocycles. The number of hydrogen-bond donors (Lipinski definition) is 3. The van der Waals surface area contributed by atoms with Crippen LogP contribution in [-0.4, -0.2) is 11.0 Å². The molecule has 0 radical (unpaired) electrons. The highest BCUT2D eigenvalue weighted by atomic mass is 32.1. The van der Waals surface area contributed by atoms with Gasteiger partial charge >= 0.3 is 0 Å². The number of aryl methyl sites for hydroxylation is 3. The molecule has 0 bridgehead atoms. The van der Waals surface area contributed by atoms with Gasteiger partial charge in [0.1, 0.15) is 0 Å². The van der Waals surface area contributed by atoms with Gasteiger partial charge in [-0.25, -0.2) is 0 Å². The molecule has 134 valence electrons. The monoisotopic (exact) mass is 365 g/mol. The highest BCUT2D eigenvalue weighted by Gasteiger charge is 2.30. The molecule has 4 nitrogen and oxygen atoms in total. The summed E-state index contributed by atoms with van der Waals surface area (Å²) in [7, 11) is 0. The minimum Gasteiger partial charge on any atom is -0.351 e. The summed E-state index contributed by atoms with van der Waals surface area (Å²) in [5.74, 6) is -0.137. The van der Waals surface area contributed by atoms with Gasteiger partial charge in [-0.1, -0.05) is 47.5 Å². The molecule has 1 unspecified atom stereocenters. The van der Waals surface area contributed by atoms with E-state index in [0.29, 0.717) is 10.7 Å². The van der Waals surface area contributed by atoms with Crippen molar-refractivity contribution >= 4 is 28.9 Å². The van der Waals surface area contributed by atoms with Crippen molar-refractivity contribution in [3.8, 4) is 0 Å². The molecule has 5 heteroatoms. The Labute approximate surface area is 159 Å². The zero-order valence-electron chi connectivity index (χ0n) is 15.4. The largest absolute Gasteiger partial charge is 0.351 e. The molecule has 26 heavy (non-hydrogen) atoms. The highest BCUT2D eigenvalue weighted by molar-refractivity contribution is 7.80. The summed E-state index contributed by atoms with van der Waals surface area (Å²) in [6.07, 6.45) is 0. The van der Waals surface area contributed by atoms with Crippen LogP contribution in [-0.2, 0) is 4.79 Å². The first kappa shape index (κ1) is 18.1. The SMILES string of the molecule is CC1=C(C(=O)Nc2ccc(C)cc2C)C(c2ccc(C)cc2)NC(=S)N1. The van der Waals surface area contributed by atoms with Crippen LogP contribution in [0.1, 0.15) is 35.2 Å². The summed E-state index contributed by atoms with van der Waals surface area (Å²) >= 11 is 5.30. The zero-order chi connectivity index (χ0) is 18.8. The van der Waals surface area contributed by atoms with Crippen LogP contribution in [0.25, 0.3) is 0 Å². The lowest BCUT2D eigenvalue weighted by atomic mass is 9.94. The van der Waals surface area contributed by atoms with Gasteiger partial charge in [-0.3, -0.25) is 4.79 Å². The second-order valence-electron chi connectivity index (χ2n) is 6.75. The van der Waals surface area contributed by atoms with Gasteiger partial charge in [0.25, 0.3) is 5.91 Å². The van der Waals surface area contributed by atoms with Gasteiger partial charge in [0.15, 0.2) is 5.11 Å². The summed E-state index contributed by atoms with van der Waals surface area (Å²) in [5.41, 5.74) is 6.60. The van der Waals surface area contributed by atoms with Gasteiger partial charge in [0, 0.05) is 11.4 Å². The second kappa shape index (κ2) is 7.30. The van der Waals surface area contributed by atoms with Crippen molar-refractivity contribution in [1.82, 2.24) is 10.6 Å². The smallest absolute Gasteiger partial charge is 0.255 e. The Morgan fingerprint density at radius 3 is 2.31 bits per heavy atom. The molecular formula is C21H23N3OS. The van der Waals surface area contributed by atoms with E-state index in [1.165, 1.54) is 11.1 Å². The van der Waals surface area contributed by atoms with Crippen LogP contribution in [0.2, 0.25) is 0 Å².